The van der Waals surface area contributed by atoms with E-state index in [1.54, 1.807) is 0 Å². The topological polar surface area (TPSA) is 45.5 Å². The average molecular weight is 439 g/mol. The Labute approximate surface area is 161 Å². The number of aromatic nitrogens is 2. The molecule has 24 heavy (non-hydrogen) atoms. The van der Waals surface area contributed by atoms with Crippen molar-refractivity contribution in [3.05, 3.63) is 48.8 Å². The number of halogens is 1. The second-order valence-electron chi connectivity index (χ2n) is 5.87. The number of nitrogens with zero attached hydrogens (tertiary/aromatic N) is 4. The van der Waals surface area contributed by atoms with Gasteiger partial charge in [-0.2, -0.15) is 5.10 Å². The lowest BCUT2D eigenvalue weighted by molar-refractivity contribution is 0.340. The van der Waals surface area contributed by atoms with Crippen molar-refractivity contribution < 1.29 is 0 Å². The maximum Gasteiger partial charge on any atom is 0.198 e. The molecule has 0 spiro atoms. The zero-order valence-corrected chi connectivity index (χ0v) is 16.3. The Kier molecular flexibility index (Phi) is 8.07. The van der Waals surface area contributed by atoms with Gasteiger partial charge in [-0.05, 0) is 43.9 Å². The highest BCUT2D eigenvalue weighted by atomic mass is 127. The van der Waals surface area contributed by atoms with Gasteiger partial charge >= 0.3 is 0 Å². The molecule has 5 nitrogen and oxygen atoms in total. The molecule has 0 saturated carbocycles. The van der Waals surface area contributed by atoms with Gasteiger partial charge < -0.3 is 10.2 Å². The first-order valence-electron chi connectivity index (χ1n) is 8.51. The number of nitrogens with one attached hydrogen (secondary N) is 1. The summed E-state index contributed by atoms with van der Waals surface area (Å²) >= 11 is 0. The lowest BCUT2D eigenvalue weighted by Gasteiger charge is -2.30. The second kappa shape index (κ2) is 10.3. The summed E-state index contributed by atoms with van der Waals surface area (Å²) in [6, 6.07) is 12.3. The average Bonchev–Trinajstić information content (AvgIpc) is 3.13. The molecular weight excluding hydrogens is 413 g/mol. The lowest BCUT2D eigenvalue weighted by atomic mass is 10.1. The molecule has 1 aliphatic rings. The van der Waals surface area contributed by atoms with Crippen LogP contribution in [0, 0.1) is 0 Å². The van der Waals surface area contributed by atoms with E-state index in [4.69, 9.17) is 4.99 Å². The highest BCUT2D eigenvalue weighted by molar-refractivity contribution is 14.0. The molecule has 0 radical (unpaired) electrons. The van der Waals surface area contributed by atoms with E-state index in [-0.39, 0.29) is 24.0 Å². The number of hydrogen-bond acceptors (Lipinski definition) is 2. The van der Waals surface area contributed by atoms with Gasteiger partial charge in [-0.1, -0.05) is 18.2 Å². The minimum absolute atomic E-state index is 0. The van der Waals surface area contributed by atoms with Crippen LogP contribution in [0.25, 0.3) is 0 Å². The standard InChI is InChI=1S/C18H25N5.HI/c1-3-9-17(10-4-1)21-18(22-13-5-2-6-14-22)19-11-7-15-23-16-8-12-20-23;/h1,3-4,8-10,12,16H,2,5-7,11,13-15H2,(H,19,21);1H. The van der Waals surface area contributed by atoms with Gasteiger partial charge in [0.15, 0.2) is 5.96 Å². The number of para-hydroxylation sites is 1. The third-order valence-corrected chi connectivity index (χ3v) is 4.05. The van der Waals surface area contributed by atoms with Gasteiger partial charge in [0.2, 0.25) is 0 Å². The highest BCUT2D eigenvalue weighted by Crippen LogP contribution is 2.12. The van der Waals surface area contributed by atoms with Crippen LogP contribution < -0.4 is 5.32 Å². The normalized spacial score (nSPS) is 15.0. The number of benzene rings is 1. The summed E-state index contributed by atoms with van der Waals surface area (Å²) < 4.78 is 1.96. The van der Waals surface area contributed by atoms with Crippen LogP contribution in [-0.4, -0.2) is 40.3 Å². The van der Waals surface area contributed by atoms with Crippen LogP contribution in [0.3, 0.4) is 0 Å². The Morgan fingerprint density at radius 1 is 1.08 bits per heavy atom. The third kappa shape index (κ3) is 5.81. The Morgan fingerprint density at radius 3 is 2.58 bits per heavy atom. The summed E-state index contributed by atoms with van der Waals surface area (Å²) in [7, 11) is 0. The molecule has 130 valence electrons. The maximum absolute atomic E-state index is 4.83. The molecule has 1 aliphatic heterocycles. The Morgan fingerprint density at radius 2 is 1.88 bits per heavy atom. The summed E-state index contributed by atoms with van der Waals surface area (Å²) in [4.78, 5) is 7.21. The predicted octanol–water partition coefficient (Wildman–Crippen LogP) is 3.85. The molecule has 1 fully saturated rings. The first kappa shape index (κ1) is 18.8. The molecule has 0 unspecified atom stereocenters. The van der Waals surface area contributed by atoms with Crippen molar-refractivity contribution in [3.8, 4) is 0 Å². The van der Waals surface area contributed by atoms with Gasteiger partial charge in [0.25, 0.3) is 0 Å². The molecule has 1 saturated heterocycles. The van der Waals surface area contributed by atoms with Crippen molar-refractivity contribution in [1.82, 2.24) is 14.7 Å². The summed E-state index contributed by atoms with van der Waals surface area (Å²) in [6.07, 6.45) is 8.65. The van der Waals surface area contributed by atoms with Gasteiger partial charge in [0, 0.05) is 44.3 Å². The van der Waals surface area contributed by atoms with Crippen LogP contribution in [0.2, 0.25) is 0 Å². The molecule has 0 amide bonds. The SMILES string of the molecule is I.c1ccc(NC(=NCCCn2cccn2)N2CCCCC2)cc1. The van der Waals surface area contributed by atoms with E-state index in [0.29, 0.717) is 0 Å². The summed E-state index contributed by atoms with van der Waals surface area (Å²) in [5.41, 5.74) is 1.10. The van der Waals surface area contributed by atoms with E-state index < -0.39 is 0 Å². The number of guanidine groups is 1. The van der Waals surface area contributed by atoms with E-state index in [2.05, 4.69) is 27.4 Å². The number of hydrogen-bond donors (Lipinski definition) is 1. The minimum Gasteiger partial charge on any atom is -0.343 e. The summed E-state index contributed by atoms with van der Waals surface area (Å²) in [5.74, 6) is 1.01. The van der Waals surface area contributed by atoms with Crippen molar-refractivity contribution in [3.63, 3.8) is 0 Å². The van der Waals surface area contributed by atoms with Gasteiger partial charge in [-0.15, -0.1) is 24.0 Å². The fourth-order valence-corrected chi connectivity index (χ4v) is 2.83. The molecule has 0 bridgehead atoms. The molecule has 1 aromatic heterocycles. The Balaban J connectivity index is 0.00000208. The molecule has 2 aromatic rings. The first-order valence-corrected chi connectivity index (χ1v) is 8.51. The largest absolute Gasteiger partial charge is 0.343 e. The van der Waals surface area contributed by atoms with E-state index >= 15 is 0 Å². The highest BCUT2D eigenvalue weighted by Gasteiger charge is 2.14. The maximum atomic E-state index is 4.83. The molecule has 0 aliphatic carbocycles. The fraction of sp³-hybridized carbons (Fsp3) is 0.444. The van der Waals surface area contributed by atoms with Crippen LogP contribution in [0.5, 0.6) is 0 Å². The number of rotatable bonds is 5. The van der Waals surface area contributed by atoms with Crippen molar-refractivity contribution in [2.45, 2.75) is 32.2 Å². The fourth-order valence-electron chi connectivity index (χ4n) is 2.83. The van der Waals surface area contributed by atoms with Gasteiger partial charge in [-0.25, -0.2) is 0 Å². The van der Waals surface area contributed by atoms with E-state index in [9.17, 15) is 0 Å². The molecule has 1 N–H and O–H groups in total. The summed E-state index contributed by atoms with van der Waals surface area (Å²) in [6.45, 7) is 3.91. The third-order valence-electron chi connectivity index (χ3n) is 4.05. The smallest absolute Gasteiger partial charge is 0.198 e. The predicted molar refractivity (Wildman–Crippen MR) is 110 cm³/mol. The van der Waals surface area contributed by atoms with E-state index in [0.717, 1.165) is 44.2 Å². The second-order valence-corrected chi connectivity index (χ2v) is 5.87. The molecule has 2 heterocycles. The van der Waals surface area contributed by atoms with Crippen LogP contribution in [0.1, 0.15) is 25.7 Å². The van der Waals surface area contributed by atoms with Crippen LogP contribution in [0.15, 0.2) is 53.8 Å². The van der Waals surface area contributed by atoms with E-state index in [1.807, 2.05) is 41.3 Å². The molecular formula is C18H26IN5. The zero-order chi connectivity index (χ0) is 15.7. The molecule has 1 aromatic carbocycles. The Bertz CT molecular complexity index is 591. The minimum atomic E-state index is 0. The van der Waals surface area contributed by atoms with Crippen molar-refractivity contribution in [2.75, 3.05) is 25.0 Å². The number of likely N-dealkylation sites (tertiary alicyclic amines) is 1. The van der Waals surface area contributed by atoms with Crippen molar-refractivity contribution in [2.24, 2.45) is 4.99 Å². The van der Waals surface area contributed by atoms with Crippen molar-refractivity contribution >= 4 is 35.6 Å². The quantitative estimate of drug-likeness (QED) is 0.333. The van der Waals surface area contributed by atoms with Gasteiger partial charge in [-0.3, -0.25) is 9.67 Å². The van der Waals surface area contributed by atoms with Crippen LogP contribution >= 0.6 is 24.0 Å². The lowest BCUT2D eigenvalue weighted by Crippen LogP contribution is -2.40. The Hall–Kier alpha value is -1.57. The van der Waals surface area contributed by atoms with E-state index in [1.165, 1.54) is 19.3 Å². The number of piperidine rings is 1. The molecule has 0 atom stereocenters. The number of aliphatic imine (C=N–C) groups is 1. The van der Waals surface area contributed by atoms with Gasteiger partial charge in [0.05, 0.1) is 0 Å². The molecule has 6 heteroatoms. The monoisotopic (exact) mass is 439 g/mol. The number of aryl methyl sites for hydroxylation is 1. The van der Waals surface area contributed by atoms with Gasteiger partial charge in [0.1, 0.15) is 0 Å². The van der Waals surface area contributed by atoms with Crippen LogP contribution in [0.4, 0.5) is 5.69 Å². The first-order chi connectivity index (χ1) is 11.4. The number of anilines is 1. The summed E-state index contributed by atoms with van der Waals surface area (Å²) in [5, 5.41) is 7.73. The zero-order valence-electron chi connectivity index (χ0n) is 14.0. The van der Waals surface area contributed by atoms with Crippen molar-refractivity contribution in [1.29, 1.82) is 0 Å². The molecule has 3 rings (SSSR count). The van der Waals surface area contributed by atoms with Crippen LogP contribution in [-0.2, 0) is 6.54 Å².